The first kappa shape index (κ1) is 29.7. The van der Waals surface area contributed by atoms with Crippen LogP contribution in [0.4, 0.5) is 0 Å². The Morgan fingerprint density at radius 3 is 1.25 bits per heavy atom. The molecule has 3 heteroatoms. The minimum atomic E-state index is -0.354. The number of benzene rings is 6. The van der Waals surface area contributed by atoms with Crippen molar-refractivity contribution in [3.05, 3.63) is 211 Å². The van der Waals surface area contributed by atoms with Crippen molar-refractivity contribution >= 4 is 10.8 Å². The van der Waals surface area contributed by atoms with Gasteiger partial charge in [0.15, 0.2) is 0 Å². The van der Waals surface area contributed by atoms with Crippen molar-refractivity contribution in [2.75, 3.05) is 0 Å². The molecule has 3 nitrogen and oxygen atoms in total. The number of pyridine rings is 3. The minimum absolute atomic E-state index is 0.354. The lowest BCUT2D eigenvalue weighted by Gasteiger charge is -2.30. The summed E-state index contributed by atoms with van der Waals surface area (Å²) in [4.78, 5) is 14.2. The maximum atomic E-state index is 4.97. The van der Waals surface area contributed by atoms with Crippen LogP contribution in [0.1, 0.15) is 22.3 Å². The van der Waals surface area contributed by atoms with Crippen molar-refractivity contribution in [2.45, 2.75) is 5.41 Å². The molecule has 6 aromatic carbocycles. The molecule has 9 aromatic rings. The van der Waals surface area contributed by atoms with E-state index >= 15 is 0 Å². The van der Waals surface area contributed by atoms with Crippen molar-refractivity contribution in [1.29, 1.82) is 0 Å². The second kappa shape index (κ2) is 11.5. The van der Waals surface area contributed by atoms with Gasteiger partial charge in [0, 0.05) is 12.4 Å². The molecule has 0 fully saturated rings. The number of nitrogens with zero attached hydrogens (tertiary/aromatic N) is 3. The van der Waals surface area contributed by atoms with Gasteiger partial charge in [-0.3, -0.25) is 9.97 Å². The molecule has 1 spiro atoms. The first-order valence-corrected chi connectivity index (χ1v) is 18.1. The standard InChI is InChI=1S/C50H31N3/c1-4-14-42-38(11-1)39-12-2-5-15-43(39)50(42)44-16-6-3-13-40(44)41-24-23-36(29-45(41)50)34-20-19-33-28-35(22-21-32(33)27-34)37-30-48(46-17-7-9-25-51-46)53-49(31-37)47-18-8-10-26-52-47/h1-31H. The molecule has 0 bridgehead atoms. The number of aromatic nitrogens is 3. The van der Waals surface area contributed by atoms with Gasteiger partial charge in [0.1, 0.15) is 0 Å². The third-order valence-corrected chi connectivity index (χ3v) is 11.2. The van der Waals surface area contributed by atoms with Crippen LogP contribution in [0.15, 0.2) is 188 Å². The van der Waals surface area contributed by atoms with Crippen LogP contribution >= 0.6 is 0 Å². The molecule has 246 valence electrons. The van der Waals surface area contributed by atoms with Gasteiger partial charge < -0.3 is 0 Å². The van der Waals surface area contributed by atoms with Gasteiger partial charge in [-0.25, -0.2) is 4.98 Å². The van der Waals surface area contributed by atoms with Gasteiger partial charge in [-0.2, -0.15) is 0 Å². The Bertz CT molecular complexity index is 2770. The Labute approximate surface area is 308 Å². The van der Waals surface area contributed by atoms with Crippen LogP contribution in [-0.4, -0.2) is 15.0 Å². The van der Waals surface area contributed by atoms with Gasteiger partial charge >= 0.3 is 0 Å². The van der Waals surface area contributed by atoms with Crippen molar-refractivity contribution in [3.63, 3.8) is 0 Å². The van der Waals surface area contributed by atoms with Gasteiger partial charge in [0.25, 0.3) is 0 Å². The van der Waals surface area contributed by atoms with E-state index in [1.54, 1.807) is 0 Å². The van der Waals surface area contributed by atoms with Crippen molar-refractivity contribution in [2.24, 2.45) is 0 Å². The summed E-state index contributed by atoms with van der Waals surface area (Å²) in [6.45, 7) is 0. The largest absolute Gasteiger partial charge is 0.255 e. The van der Waals surface area contributed by atoms with E-state index in [-0.39, 0.29) is 5.41 Å². The summed E-state index contributed by atoms with van der Waals surface area (Å²) in [6.07, 6.45) is 3.62. The van der Waals surface area contributed by atoms with E-state index in [9.17, 15) is 0 Å². The molecule has 53 heavy (non-hydrogen) atoms. The van der Waals surface area contributed by atoms with E-state index in [1.807, 2.05) is 48.8 Å². The van der Waals surface area contributed by atoms with Crippen molar-refractivity contribution in [3.8, 4) is 67.3 Å². The average Bonchev–Trinajstić information content (AvgIpc) is 3.71. The van der Waals surface area contributed by atoms with Crippen LogP contribution in [0, 0.1) is 0 Å². The quantitative estimate of drug-likeness (QED) is 0.187. The number of fused-ring (bicyclic) bond motifs is 11. The molecule has 11 rings (SSSR count). The molecule has 2 aliphatic carbocycles. The van der Waals surface area contributed by atoms with Crippen LogP contribution in [0.3, 0.4) is 0 Å². The van der Waals surface area contributed by atoms with Gasteiger partial charge in [-0.05, 0) is 132 Å². The Morgan fingerprint density at radius 2 is 0.736 bits per heavy atom. The maximum absolute atomic E-state index is 4.97. The fourth-order valence-electron chi connectivity index (χ4n) is 8.87. The molecular formula is C50H31N3. The van der Waals surface area contributed by atoms with Gasteiger partial charge in [0.2, 0.25) is 0 Å². The highest BCUT2D eigenvalue weighted by Crippen LogP contribution is 2.63. The maximum Gasteiger partial charge on any atom is 0.0900 e. The lowest BCUT2D eigenvalue weighted by molar-refractivity contribution is 0.794. The Morgan fingerprint density at radius 1 is 0.302 bits per heavy atom. The number of hydrogen-bond acceptors (Lipinski definition) is 3. The first-order chi connectivity index (χ1) is 26.3. The van der Waals surface area contributed by atoms with Gasteiger partial charge in [0.05, 0.1) is 28.2 Å². The predicted molar refractivity (Wildman–Crippen MR) is 215 cm³/mol. The molecule has 0 aliphatic heterocycles. The van der Waals surface area contributed by atoms with Crippen molar-refractivity contribution in [1.82, 2.24) is 15.0 Å². The summed E-state index contributed by atoms with van der Waals surface area (Å²) in [5, 5.41) is 2.38. The molecule has 0 N–H and O–H groups in total. The molecule has 0 amide bonds. The van der Waals surface area contributed by atoms with E-state index in [1.165, 1.54) is 66.4 Å². The average molecular weight is 674 g/mol. The zero-order chi connectivity index (χ0) is 34.9. The Balaban J connectivity index is 1.03. The summed E-state index contributed by atoms with van der Waals surface area (Å²) in [6, 6.07) is 63.8. The van der Waals surface area contributed by atoms with Crippen LogP contribution < -0.4 is 0 Å². The Kier molecular flexibility index (Phi) is 6.47. The number of hydrogen-bond donors (Lipinski definition) is 0. The second-order valence-corrected chi connectivity index (χ2v) is 14.0. The molecule has 0 atom stereocenters. The lowest BCUT2D eigenvalue weighted by atomic mass is 9.70. The smallest absolute Gasteiger partial charge is 0.0900 e. The van der Waals surface area contributed by atoms with Crippen molar-refractivity contribution < 1.29 is 0 Å². The molecule has 0 saturated carbocycles. The fourth-order valence-corrected chi connectivity index (χ4v) is 8.87. The molecule has 3 aromatic heterocycles. The monoisotopic (exact) mass is 673 g/mol. The van der Waals surface area contributed by atoms with Crippen LogP contribution in [0.5, 0.6) is 0 Å². The molecular weight excluding hydrogens is 643 g/mol. The summed E-state index contributed by atoms with van der Waals surface area (Å²) in [5.41, 5.74) is 18.3. The van der Waals surface area contributed by atoms with E-state index in [2.05, 4.69) is 149 Å². The number of rotatable bonds is 4. The first-order valence-electron chi connectivity index (χ1n) is 18.1. The van der Waals surface area contributed by atoms with E-state index in [4.69, 9.17) is 4.98 Å². The zero-order valence-electron chi connectivity index (χ0n) is 28.7. The highest BCUT2D eigenvalue weighted by atomic mass is 14.8. The van der Waals surface area contributed by atoms with Crippen LogP contribution in [0.25, 0.3) is 78.1 Å². The summed E-state index contributed by atoms with van der Waals surface area (Å²) < 4.78 is 0. The van der Waals surface area contributed by atoms with Crippen LogP contribution in [0.2, 0.25) is 0 Å². The third kappa shape index (κ3) is 4.44. The lowest BCUT2D eigenvalue weighted by Crippen LogP contribution is -2.25. The summed E-state index contributed by atoms with van der Waals surface area (Å²) in [7, 11) is 0. The summed E-state index contributed by atoms with van der Waals surface area (Å²) >= 11 is 0. The summed E-state index contributed by atoms with van der Waals surface area (Å²) in [5.74, 6) is 0. The highest BCUT2D eigenvalue weighted by Gasteiger charge is 2.51. The second-order valence-electron chi connectivity index (χ2n) is 14.0. The van der Waals surface area contributed by atoms with E-state index in [0.717, 1.165) is 33.9 Å². The van der Waals surface area contributed by atoms with Gasteiger partial charge in [-0.15, -0.1) is 0 Å². The van der Waals surface area contributed by atoms with E-state index in [0.29, 0.717) is 0 Å². The topological polar surface area (TPSA) is 38.7 Å². The van der Waals surface area contributed by atoms with Gasteiger partial charge in [-0.1, -0.05) is 121 Å². The molecule has 0 saturated heterocycles. The zero-order valence-corrected chi connectivity index (χ0v) is 28.7. The highest BCUT2D eigenvalue weighted by molar-refractivity contribution is 5.97. The van der Waals surface area contributed by atoms with E-state index < -0.39 is 0 Å². The predicted octanol–water partition coefficient (Wildman–Crippen LogP) is 12.0. The molecule has 0 radical (unpaired) electrons. The fraction of sp³-hybridized carbons (Fsp3) is 0.0200. The normalized spacial score (nSPS) is 13.1. The molecule has 0 unspecified atom stereocenters. The SMILES string of the molecule is c1ccc(-c2cc(-c3ccc4cc(-c5ccc6c(c5)C5(c7ccccc7-c7ccccc75)c5ccccc5-6)ccc4c3)cc(-c3ccccn3)n2)nc1. The molecule has 3 heterocycles. The molecule has 2 aliphatic rings. The third-order valence-electron chi connectivity index (χ3n) is 11.2. The minimum Gasteiger partial charge on any atom is -0.255 e. The Hall–Kier alpha value is -6.97. The van der Waals surface area contributed by atoms with Crippen LogP contribution in [-0.2, 0) is 5.41 Å².